The zero-order valence-electron chi connectivity index (χ0n) is 23.1. The summed E-state index contributed by atoms with van der Waals surface area (Å²) in [7, 11) is -3.24. The fourth-order valence-electron chi connectivity index (χ4n) is 8.18. The van der Waals surface area contributed by atoms with E-state index < -0.39 is 17.5 Å². The van der Waals surface area contributed by atoms with Crippen molar-refractivity contribution in [1.29, 1.82) is 0 Å². The Bertz CT molecular complexity index is 1800. The first-order chi connectivity index (χ1) is 20.8. The maximum absolute atomic E-state index is 8.89. The van der Waals surface area contributed by atoms with Crippen molar-refractivity contribution >= 4 is 34.8 Å². The largest absolute Gasteiger partial charge is 0.225 e. The molecule has 0 N–H and O–H groups in total. The average Bonchev–Trinajstić information content (AvgIpc) is 3.43. The molecule has 0 aliphatic carbocycles. The number of rotatable bonds is 5. The van der Waals surface area contributed by atoms with Gasteiger partial charge in [-0.3, -0.25) is 0 Å². The number of hydrogen-bond donors (Lipinski definition) is 0. The Morgan fingerprint density at radius 3 is 1.05 bits per heavy atom. The second-order valence-electron chi connectivity index (χ2n) is 11.3. The first-order valence-corrected chi connectivity index (χ1v) is 17.6. The van der Waals surface area contributed by atoms with Gasteiger partial charge in [-0.2, -0.15) is 11.1 Å². The summed E-state index contributed by atoms with van der Waals surface area (Å²) in [6.45, 7) is 0. The SMILES string of the molecule is Cl[Si]1(c2ccccc2)C2(c3ccccc3)C(c3ccccc3)=C(c3ccccc3)C1(c1ccccc1)c1ccccc12. The van der Waals surface area contributed by atoms with Gasteiger partial charge in [0.1, 0.15) is 0 Å². The summed E-state index contributed by atoms with van der Waals surface area (Å²) in [5, 5.41) is 0.127. The third-order valence-electron chi connectivity index (χ3n) is 9.48. The third-order valence-corrected chi connectivity index (χ3v) is 16.6. The molecule has 0 saturated heterocycles. The van der Waals surface area contributed by atoms with E-state index in [1.165, 1.54) is 49.7 Å². The van der Waals surface area contributed by atoms with Crippen LogP contribution in [0.3, 0.4) is 0 Å². The second kappa shape index (κ2) is 9.56. The molecule has 0 nitrogen and oxygen atoms in total. The lowest BCUT2D eigenvalue weighted by Crippen LogP contribution is -2.65. The molecule has 2 atom stereocenters. The van der Waals surface area contributed by atoms with E-state index in [-0.39, 0.29) is 0 Å². The smallest absolute Gasteiger partial charge is 0.158 e. The highest BCUT2D eigenvalue weighted by Gasteiger charge is 2.80. The monoisotopic (exact) mass is 572 g/mol. The summed E-state index contributed by atoms with van der Waals surface area (Å²) >= 11 is 8.89. The first kappa shape index (κ1) is 25.3. The van der Waals surface area contributed by atoms with Crippen LogP contribution in [0, 0.1) is 0 Å². The van der Waals surface area contributed by atoms with Crippen LogP contribution in [0.5, 0.6) is 0 Å². The molecule has 0 saturated carbocycles. The third kappa shape index (κ3) is 3.02. The molecule has 0 spiro atoms. The van der Waals surface area contributed by atoms with Gasteiger partial charge in [0, 0.05) is 0 Å². The van der Waals surface area contributed by atoms with E-state index in [0.717, 1.165) is 0 Å². The molecule has 200 valence electrons. The standard InChI is InChI=1S/C40H29ClSi/c41-42(34-26-14-5-15-27-34)39(32-22-10-3-11-23-32)35-28-16-17-29-36(35)40(42,33-24-12-4-13-25-33)38(31-20-8-2-9-21-31)37(39)30-18-6-1-7-19-30/h1-29H. The number of fused-ring (bicyclic) bond motifs is 5. The molecule has 0 radical (unpaired) electrons. The van der Waals surface area contributed by atoms with E-state index in [1.807, 2.05) is 0 Å². The summed E-state index contributed by atoms with van der Waals surface area (Å²) in [5.41, 5.74) is 10.3. The van der Waals surface area contributed by atoms with Gasteiger partial charge in [-0.15, -0.1) is 0 Å². The van der Waals surface area contributed by atoms with E-state index in [4.69, 9.17) is 11.1 Å². The molecule has 2 heteroatoms. The minimum atomic E-state index is -3.24. The van der Waals surface area contributed by atoms with Crippen molar-refractivity contribution in [2.24, 2.45) is 0 Å². The van der Waals surface area contributed by atoms with Crippen molar-refractivity contribution < 1.29 is 0 Å². The molecule has 0 aromatic heterocycles. The van der Waals surface area contributed by atoms with Crippen LogP contribution in [0.25, 0.3) is 11.1 Å². The Hall–Kier alpha value is -4.43. The molecule has 0 amide bonds. The minimum absolute atomic E-state index is 0.559. The predicted molar refractivity (Wildman–Crippen MR) is 178 cm³/mol. The van der Waals surface area contributed by atoms with E-state index in [0.29, 0.717) is 0 Å². The molecular formula is C40H29ClSi. The highest BCUT2D eigenvalue weighted by molar-refractivity contribution is 7.33. The van der Waals surface area contributed by atoms with Gasteiger partial charge < -0.3 is 0 Å². The molecule has 8 rings (SSSR count). The zero-order valence-corrected chi connectivity index (χ0v) is 24.9. The lowest BCUT2D eigenvalue weighted by Gasteiger charge is -2.44. The Kier molecular flexibility index (Phi) is 5.76. The first-order valence-electron chi connectivity index (χ1n) is 14.6. The van der Waals surface area contributed by atoms with Crippen LogP contribution >= 0.6 is 11.1 Å². The van der Waals surface area contributed by atoms with Gasteiger partial charge in [0.15, 0.2) is 0 Å². The lowest BCUT2D eigenvalue weighted by atomic mass is 9.65. The van der Waals surface area contributed by atoms with Gasteiger partial charge in [0.25, 0.3) is 0 Å². The molecule has 2 aliphatic rings. The molecule has 42 heavy (non-hydrogen) atoms. The van der Waals surface area contributed by atoms with Crippen LogP contribution in [-0.2, 0) is 10.1 Å². The van der Waals surface area contributed by atoms with Gasteiger partial charge in [-0.1, -0.05) is 176 Å². The fraction of sp³-hybridized carbons (Fsp3) is 0.0500. The van der Waals surface area contributed by atoms with Crippen molar-refractivity contribution in [2.45, 2.75) is 10.1 Å². The minimum Gasteiger partial charge on any atom is -0.158 e. The summed E-state index contributed by atoms with van der Waals surface area (Å²) in [6, 6.07) is 64.3. The topological polar surface area (TPSA) is 0 Å². The van der Waals surface area contributed by atoms with Crippen molar-refractivity contribution in [1.82, 2.24) is 0 Å². The van der Waals surface area contributed by atoms with E-state index in [9.17, 15) is 0 Å². The molecule has 2 heterocycles. The Balaban J connectivity index is 1.70. The van der Waals surface area contributed by atoms with Gasteiger partial charge >= 0.3 is 0 Å². The Morgan fingerprint density at radius 1 is 0.357 bits per heavy atom. The fourth-order valence-corrected chi connectivity index (χ4v) is 16.0. The van der Waals surface area contributed by atoms with Crippen molar-refractivity contribution in [3.63, 3.8) is 0 Å². The molecule has 2 bridgehead atoms. The van der Waals surface area contributed by atoms with Gasteiger partial charge in [-0.25, -0.2) is 0 Å². The van der Waals surface area contributed by atoms with Crippen molar-refractivity contribution in [2.75, 3.05) is 0 Å². The van der Waals surface area contributed by atoms with Gasteiger partial charge in [-0.05, 0) is 49.7 Å². The van der Waals surface area contributed by atoms with Crippen LogP contribution in [0.4, 0.5) is 0 Å². The Labute approximate surface area is 253 Å². The zero-order chi connectivity index (χ0) is 28.2. The highest BCUT2D eigenvalue weighted by Crippen LogP contribution is 2.76. The highest BCUT2D eigenvalue weighted by atomic mass is 35.6. The van der Waals surface area contributed by atoms with Crippen molar-refractivity contribution in [3.05, 3.63) is 209 Å². The van der Waals surface area contributed by atoms with E-state index >= 15 is 0 Å². The van der Waals surface area contributed by atoms with Crippen LogP contribution in [0.1, 0.15) is 33.4 Å². The quantitative estimate of drug-likeness (QED) is 0.143. The van der Waals surface area contributed by atoms with Crippen molar-refractivity contribution in [3.8, 4) is 0 Å². The molecule has 2 unspecified atom stereocenters. The summed E-state index contributed by atoms with van der Waals surface area (Å²) in [5.74, 6) is 0. The van der Waals surface area contributed by atoms with E-state index in [2.05, 4.69) is 176 Å². The van der Waals surface area contributed by atoms with Gasteiger partial charge in [0.05, 0.1) is 10.1 Å². The molecule has 2 aliphatic heterocycles. The molecule has 0 fully saturated rings. The number of benzene rings is 6. The van der Waals surface area contributed by atoms with Crippen LogP contribution < -0.4 is 5.19 Å². The summed E-state index contributed by atoms with van der Waals surface area (Å²) in [6.07, 6.45) is 0. The predicted octanol–water partition coefficient (Wildman–Crippen LogP) is 9.07. The average molecular weight is 573 g/mol. The van der Waals surface area contributed by atoms with Crippen LogP contribution in [0.15, 0.2) is 176 Å². The van der Waals surface area contributed by atoms with E-state index in [1.54, 1.807) is 0 Å². The Morgan fingerprint density at radius 2 is 0.667 bits per heavy atom. The van der Waals surface area contributed by atoms with Crippen LogP contribution in [-0.4, -0.2) is 7.38 Å². The normalized spacial score (nSPS) is 24.0. The maximum atomic E-state index is 8.89. The second-order valence-corrected chi connectivity index (χ2v) is 16.4. The summed E-state index contributed by atoms with van der Waals surface area (Å²) in [4.78, 5) is 0. The lowest BCUT2D eigenvalue weighted by molar-refractivity contribution is 0.915. The number of allylic oxidation sites excluding steroid dienone is 2. The molecule has 6 aromatic carbocycles. The summed E-state index contributed by atoms with van der Waals surface area (Å²) < 4.78 is 0. The number of hydrogen-bond acceptors (Lipinski definition) is 0. The molecule has 6 aromatic rings. The number of halogens is 1. The molecular weight excluding hydrogens is 544 g/mol. The maximum Gasteiger partial charge on any atom is 0.225 e. The van der Waals surface area contributed by atoms with Gasteiger partial charge in [0.2, 0.25) is 7.38 Å². The van der Waals surface area contributed by atoms with Crippen LogP contribution in [0.2, 0.25) is 0 Å².